The van der Waals surface area contributed by atoms with Gasteiger partial charge in [0.1, 0.15) is 6.10 Å². The Kier molecular flexibility index (Phi) is 21.5. The largest absolute Gasteiger partial charge is 0.458 e. The summed E-state index contributed by atoms with van der Waals surface area (Å²) >= 11 is 0. The zero-order valence-electron chi connectivity index (χ0n) is 22.7. The van der Waals surface area contributed by atoms with E-state index in [2.05, 4.69) is 26.1 Å². The Bertz CT molecular complexity index is 533. The number of hydrogen-bond donors (Lipinski definition) is 2. The topological polar surface area (TPSA) is 94.1 Å². The molecule has 34 heavy (non-hydrogen) atoms. The number of unbranched alkanes of at least 4 members (excludes halogenated alkanes) is 9. The standard InChI is InChI=1S/C26H54NO6P/c1-6-7-8-9-10-11-12-13-14-15-16-23(2)19-24(3)20-31-21-26(33-25(4)28)22-32-34(29,30)18-17-27-5/h23-24,26-27H,6-22H2,1-5H3,(H,29,30). The Balaban J connectivity index is 3.96. The highest BCUT2D eigenvalue weighted by Crippen LogP contribution is 2.41. The zero-order chi connectivity index (χ0) is 25.7. The average Bonchev–Trinajstić information content (AvgIpc) is 2.77. The zero-order valence-corrected chi connectivity index (χ0v) is 23.6. The molecule has 0 saturated carbocycles. The van der Waals surface area contributed by atoms with Crippen molar-refractivity contribution in [1.82, 2.24) is 5.32 Å². The molecule has 0 fully saturated rings. The van der Waals surface area contributed by atoms with Gasteiger partial charge in [0.2, 0.25) is 0 Å². The fourth-order valence-electron chi connectivity index (χ4n) is 4.12. The lowest BCUT2D eigenvalue weighted by molar-refractivity contribution is -0.151. The van der Waals surface area contributed by atoms with Gasteiger partial charge in [0.25, 0.3) is 0 Å². The summed E-state index contributed by atoms with van der Waals surface area (Å²) in [5.41, 5.74) is 0. The van der Waals surface area contributed by atoms with Crippen molar-refractivity contribution < 1.29 is 28.3 Å². The van der Waals surface area contributed by atoms with Gasteiger partial charge in [-0.2, -0.15) is 0 Å². The van der Waals surface area contributed by atoms with Gasteiger partial charge in [-0.25, -0.2) is 0 Å². The molecule has 0 aromatic rings. The average molecular weight is 508 g/mol. The minimum absolute atomic E-state index is 0.00508. The number of carbonyl (C=O) groups is 1. The van der Waals surface area contributed by atoms with Crippen LogP contribution >= 0.6 is 7.60 Å². The lowest BCUT2D eigenvalue weighted by Crippen LogP contribution is -2.28. The van der Waals surface area contributed by atoms with E-state index in [9.17, 15) is 14.3 Å². The molecule has 0 bridgehead atoms. The molecule has 204 valence electrons. The number of nitrogens with one attached hydrogen (secondary N) is 1. The Morgan fingerprint density at radius 1 is 0.912 bits per heavy atom. The highest BCUT2D eigenvalue weighted by molar-refractivity contribution is 7.52. The quantitative estimate of drug-likeness (QED) is 0.0895. The lowest BCUT2D eigenvalue weighted by atomic mass is 9.93. The second-order valence-corrected chi connectivity index (χ2v) is 11.9. The maximum Gasteiger partial charge on any atom is 0.329 e. The third kappa shape index (κ3) is 22.0. The van der Waals surface area contributed by atoms with E-state index in [1.54, 1.807) is 7.05 Å². The van der Waals surface area contributed by atoms with Crippen LogP contribution < -0.4 is 5.32 Å². The predicted molar refractivity (Wildman–Crippen MR) is 140 cm³/mol. The van der Waals surface area contributed by atoms with Gasteiger partial charge in [-0.05, 0) is 25.3 Å². The molecule has 0 aliphatic rings. The molecular formula is C26H54NO6P. The first-order chi connectivity index (χ1) is 16.2. The second-order valence-electron chi connectivity index (χ2n) is 9.95. The lowest BCUT2D eigenvalue weighted by Gasteiger charge is -2.21. The van der Waals surface area contributed by atoms with E-state index < -0.39 is 19.7 Å². The molecule has 0 heterocycles. The van der Waals surface area contributed by atoms with E-state index in [-0.39, 0.29) is 19.4 Å². The Morgan fingerprint density at radius 3 is 2.06 bits per heavy atom. The molecule has 4 atom stereocenters. The molecule has 0 aromatic carbocycles. The van der Waals surface area contributed by atoms with Gasteiger partial charge in [-0.15, -0.1) is 0 Å². The first-order valence-corrected chi connectivity index (χ1v) is 15.3. The third-order valence-electron chi connectivity index (χ3n) is 6.00. The summed E-state index contributed by atoms with van der Waals surface area (Å²) in [6.07, 6.45) is 15.3. The molecule has 0 spiro atoms. The molecule has 0 aliphatic heterocycles. The first kappa shape index (κ1) is 33.5. The Hall–Kier alpha value is -0.460. The van der Waals surface area contributed by atoms with Crippen LogP contribution in [0.4, 0.5) is 0 Å². The summed E-state index contributed by atoms with van der Waals surface area (Å²) in [4.78, 5) is 21.2. The number of ether oxygens (including phenoxy) is 2. The highest BCUT2D eigenvalue weighted by Gasteiger charge is 2.23. The van der Waals surface area contributed by atoms with E-state index in [4.69, 9.17) is 14.0 Å². The van der Waals surface area contributed by atoms with Crippen LogP contribution in [-0.4, -0.2) is 56.5 Å². The monoisotopic (exact) mass is 507 g/mol. The molecule has 7 nitrogen and oxygen atoms in total. The normalized spacial score (nSPS) is 16.1. The summed E-state index contributed by atoms with van der Waals surface area (Å²) in [5.74, 6) is 0.600. The van der Waals surface area contributed by atoms with Gasteiger partial charge in [0.05, 0.1) is 19.4 Å². The number of rotatable bonds is 24. The van der Waals surface area contributed by atoms with Gasteiger partial charge in [0.15, 0.2) is 0 Å². The van der Waals surface area contributed by atoms with Crippen LogP contribution in [0.3, 0.4) is 0 Å². The smallest absolute Gasteiger partial charge is 0.329 e. The molecule has 0 radical (unpaired) electrons. The van der Waals surface area contributed by atoms with Crippen LogP contribution in [0.2, 0.25) is 0 Å². The van der Waals surface area contributed by atoms with Crippen LogP contribution in [0.15, 0.2) is 0 Å². The third-order valence-corrected chi connectivity index (χ3v) is 7.34. The molecule has 4 unspecified atom stereocenters. The Morgan fingerprint density at radius 2 is 1.50 bits per heavy atom. The molecule has 0 saturated heterocycles. The van der Waals surface area contributed by atoms with Crippen molar-refractivity contribution >= 4 is 13.6 Å². The van der Waals surface area contributed by atoms with E-state index in [0.29, 0.717) is 25.0 Å². The van der Waals surface area contributed by atoms with Crippen molar-refractivity contribution in [3.63, 3.8) is 0 Å². The summed E-state index contributed by atoms with van der Waals surface area (Å²) < 4.78 is 28.1. The fraction of sp³-hybridized carbons (Fsp3) is 0.962. The SMILES string of the molecule is CCCCCCCCCCCCC(C)CC(C)COCC(COP(=O)(O)CCNC)OC(C)=O. The van der Waals surface area contributed by atoms with Crippen molar-refractivity contribution in [2.75, 3.05) is 39.6 Å². The van der Waals surface area contributed by atoms with Gasteiger partial charge < -0.3 is 24.2 Å². The molecular weight excluding hydrogens is 453 g/mol. The van der Waals surface area contributed by atoms with Gasteiger partial charge in [0, 0.05) is 20.1 Å². The van der Waals surface area contributed by atoms with Crippen molar-refractivity contribution in [3.8, 4) is 0 Å². The number of esters is 1. The molecule has 0 aromatic heterocycles. The van der Waals surface area contributed by atoms with Crippen molar-refractivity contribution in [3.05, 3.63) is 0 Å². The molecule has 0 aliphatic carbocycles. The van der Waals surface area contributed by atoms with Crippen LogP contribution in [0.25, 0.3) is 0 Å². The highest BCUT2D eigenvalue weighted by atomic mass is 31.2. The molecule has 0 amide bonds. The first-order valence-electron chi connectivity index (χ1n) is 13.6. The van der Waals surface area contributed by atoms with Crippen LogP contribution in [-0.2, 0) is 23.4 Å². The van der Waals surface area contributed by atoms with Crippen LogP contribution in [0.1, 0.15) is 105 Å². The van der Waals surface area contributed by atoms with E-state index >= 15 is 0 Å². The maximum atomic E-state index is 12.0. The fourth-order valence-corrected chi connectivity index (χ4v) is 5.16. The van der Waals surface area contributed by atoms with Gasteiger partial charge >= 0.3 is 13.6 Å². The summed E-state index contributed by atoms with van der Waals surface area (Å²) in [5, 5.41) is 2.82. The number of hydrogen-bond acceptors (Lipinski definition) is 6. The van der Waals surface area contributed by atoms with Crippen LogP contribution in [0, 0.1) is 11.8 Å². The van der Waals surface area contributed by atoms with Crippen molar-refractivity contribution in [2.24, 2.45) is 11.8 Å². The number of carbonyl (C=O) groups excluding carboxylic acids is 1. The van der Waals surface area contributed by atoms with Crippen molar-refractivity contribution in [2.45, 2.75) is 111 Å². The minimum Gasteiger partial charge on any atom is -0.458 e. The molecule has 0 rings (SSSR count). The predicted octanol–water partition coefficient (Wildman–Crippen LogP) is 6.33. The Labute approximate surface area is 209 Å². The van der Waals surface area contributed by atoms with Crippen molar-refractivity contribution in [1.29, 1.82) is 0 Å². The summed E-state index contributed by atoms with van der Waals surface area (Å²) in [7, 11) is -2.01. The van der Waals surface area contributed by atoms with E-state index in [1.807, 2.05) is 0 Å². The molecule has 2 N–H and O–H groups in total. The minimum atomic E-state index is -3.71. The van der Waals surface area contributed by atoms with Crippen LogP contribution in [0.5, 0.6) is 0 Å². The molecule has 8 heteroatoms. The van der Waals surface area contributed by atoms with E-state index in [1.165, 1.54) is 77.6 Å². The van der Waals surface area contributed by atoms with Gasteiger partial charge in [-0.1, -0.05) is 91.4 Å². The summed E-state index contributed by atoms with van der Waals surface area (Å²) in [6.45, 7) is 9.00. The summed E-state index contributed by atoms with van der Waals surface area (Å²) in [6, 6.07) is 0. The van der Waals surface area contributed by atoms with E-state index in [0.717, 1.165) is 6.42 Å². The maximum absolute atomic E-state index is 12.0. The second kappa shape index (κ2) is 21.8. The van der Waals surface area contributed by atoms with Gasteiger partial charge in [-0.3, -0.25) is 9.36 Å².